The Morgan fingerprint density at radius 3 is 3.07 bits per heavy atom. The average molecular weight is 207 g/mol. The van der Waals surface area contributed by atoms with Crippen molar-refractivity contribution < 1.29 is 14.3 Å². The molecule has 0 aromatic carbocycles. The molecule has 1 heterocycles. The smallest absolute Gasteiger partial charge is 0.355 e. The third-order valence-electron chi connectivity index (χ3n) is 2.56. The van der Waals surface area contributed by atoms with Crippen LogP contribution in [0.1, 0.15) is 28.5 Å². The number of rotatable bonds is 1. The second-order valence-corrected chi connectivity index (χ2v) is 3.67. The summed E-state index contributed by atoms with van der Waals surface area (Å²) in [5.74, 6) is -1.58. The van der Waals surface area contributed by atoms with E-state index in [1.54, 1.807) is 13.0 Å². The van der Waals surface area contributed by atoms with Gasteiger partial charge in [0.1, 0.15) is 5.83 Å². The van der Waals surface area contributed by atoms with Crippen molar-refractivity contribution in [2.45, 2.75) is 13.3 Å². The van der Waals surface area contributed by atoms with Gasteiger partial charge in [-0.05, 0) is 24.1 Å². The molecular formula is C11H10FNO2. The van der Waals surface area contributed by atoms with Gasteiger partial charge in [0, 0.05) is 17.7 Å². The monoisotopic (exact) mass is 207 g/mol. The normalized spacial score (nSPS) is 19.3. The molecule has 0 bridgehead atoms. The van der Waals surface area contributed by atoms with Gasteiger partial charge in [-0.25, -0.2) is 14.2 Å². The lowest BCUT2D eigenvalue weighted by Crippen LogP contribution is -2.13. The number of nitrogens with zero attached hydrogens (tertiary/aromatic N) is 1. The van der Waals surface area contributed by atoms with Gasteiger partial charge in [-0.3, -0.25) is 0 Å². The molecule has 0 aliphatic heterocycles. The standard InChI is InChI=1S/C11H10FNO2/c1-6-4-7-2-3-13-10(11(14)15)8(7)5-9(6)12/h2-3,5-6H,4H2,1H3,(H,14,15). The van der Waals surface area contributed by atoms with Gasteiger partial charge >= 0.3 is 5.97 Å². The van der Waals surface area contributed by atoms with E-state index in [1.807, 2.05) is 0 Å². The lowest BCUT2D eigenvalue weighted by molar-refractivity contribution is 0.0690. The van der Waals surface area contributed by atoms with E-state index in [4.69, 9.17) is 5.11 Å². The summed E-state index contributed by atoms with van der Waals surface area (Å²) >= 11 is 0. The molecule has 1 N–H and O–H groups in total. The van der Waals surface area contributed by atoms with E-state index in [0.717, 1.165) is 5.56 Å². The first-order valence-corrected chi connectivity index (χ1v) is 4.68. The minimum Gasteiger partial charge on any atom is -0.476 e. The highest BCUT2D eigenvalue weighted by Gasteiger charge is 2.22. The van der Waals surface area contributed by atoms with Gasteiger partial charge in [0.2, 0.25) is 0 Å². The maximum Gasteiger partial charge on any atom is 0.355 e. The number of hydrogen-bond acceptors (Lipinski definition) is 2. The van der Waals surface area contributed by atoms with Gasteiger partial charge < -0.3 is 5.11 Å². The number of allylic oxidation sites excluding steroid dienone is 1. The Morgan fingerprint density at radius 2 is 2.40 bits per heavy atom. The third kappa shape index (κ3) is 1.63. The van der Waals surface area contributed by atoms with Crippen molar-refractivity contribution in [1.82, 2.24) is 4.98 Å². The summed E-state index contributed by atoms with van der Waals surface area (Å²) in [5, 5.41) is 8.88. The molecular weight excluding hydrogens is 197 g/mol. The second kappa shape index (κ2) is 3.46. The number of hydrogen-bond donors (Lipinski definition) is 1. The van der Waals surface area contributed by atoms with Crippen molar-refractivity contribution in [3.05, 3.63) is 34.9 Å². The second-order valence-electron chi connectivity index (χ2n) is 3.67. The summed E-state index contributed by atoms with van der Waals surface area (Å²) in [5.41, 5.74) is 1.17. The van der Waals surface area contributed by atoms with E-state index in [1.165, 1.54) is 12.3 Å². The van der Waals surface area contributed by atoms with Crippen LogP contribution in [0, 0.1) is 5.92 Å². The van der Waals surface area contributed by atoms with Crippen LogP contribution in [0.25, 0.3) is 6.08 Å². The van der Waals surface area contributed by atoms with Crippen LogP contribution in [0.15, 0.2) is 18.1 Å². The largest absolute Gasteiger partial charge is 0.476 e. The molecule has 1 aliphatic carbocycles. The van der Waals surface area contributed by atoms with Crippen LogP contribution in [0.4, 0.5) is 4.39 Å². The number of halogens is 1. The van der Waals surface area contributed by atoms with Crippen LogP contribution in [-0.4, -0.2) is 16.1 Å². The number of carboxylic acid groups (broad SMARTS) is 1. The maximum absolute atomic E-state index is 13.3. The minimum atomic E-state index is -1.12. The van der Waals surface area contributed by atoms with Gasteiger partial charge in [-0.1, -0.05) is 6.92 Å². The SMILES string of the molecule is CC1Cc2ccnc(C(=O)O)c2C=C1F. The van der Waals surface area contributed by atoms with Crippen molar-refractivity contribution in [3.8, 4) is 0 Å². The number of carbonyl (C=O) groups is 1. The summed E-state index contributed by atoms with van der Waals surface area (Å²) in [6.07, 6.45) is 3.26. The molecule has 3 nitrogen and oxygen atoms in total. The summed E-state index contributed by atoms with van der Waals surface area (Å²) in [6.45, 7) is 1.77. The molecule has 0 fully saturated rings. The molecule has 4 heteroatoms. The zero-order chi connectivity index (χ0) is 11.0. The summed E-state index contributed by atoms with van der Waals surface area (Å²) in [4.78, 5) is 14.6. The molecule has 1 aliphatic rings. The molecule has 78 valence electrons. The van der Waals surface area contributed by atoms with Crippen LogP contribution >= 0.6 is 0 Å². The lowest BCUT2D eigenvalue weighted by Gasteiger charge is -2.18. The molecule has 0 spiro atoms. The first-order valence-electron chi connectivity index (χ1n) is 4.68. The van der Waals surface area contributed by atoms with Gasteiger partial charge in [0.25, 0.3) is 0 Å². The summed E-state index contributed by atoms with van der Waals surface area (Å²) in [7, 11) is 0. The minimum absolute atomic E-state index is 0.0745. The summed E-state index contributed by atoms with van der Waals surface area (Å²) in [6, 6.07) is 1.74. The van der Waals surface area contributed by atoms with E-state index >= 15 is 0 Å². The highest BCUT2D eigenvalue weighted by Crippen LogP contribution is 2.30. The fraction of sp³-hybridized carbons (Fsp3) is 0.273. The predicted molar refractivity (Wildman–Crippen MR) is 53.1 cm³/mol. The maximum atomic E-state index is 13.3. The summed E-state index contributed by atoms with van der Waals surface area (Å²) < 4.78 is 13.3. The van der Waals surface area contributed by atoms with E-state index in [9.17, 15) is 9.18 Å². The van der Waals surface area contributed by atoms with Gasteiger partial charge in [-0.2, -0.15) is 0 Å². The average Bonchev–Trinajstić information content (AvgIpc) is 2.18. The number of aromatic carboxylic acids is 1. The van der Waals surface area contributed by atoms with Gasteiger partial charge in [0.15, 0.2) is 5.69 Å². The van der Waals surface area contributed by atoms with Gasteiger partial charge in [-0.15, -0.1) is 0 Å². The Labute approximate surface area is 86.3 Å². The molecule has 15 heavy (non-hydrogen) atoms. The number of pyridine rings is 1. The van der Waals surface area contributed by atoms with Crippen LogP contribution in [0.2, 0.25) is 0 Å². The molecule has 2 rings (SSSR count). The molecule has 1 aromatic rings. The number of carboxylic acids is 1. The van der Waals surface area contributed by atoms with Crippen LogP contribution in [0.5, 0.6) is 0 Å². The fourth-order valence-electron chi connectivity index (χ4n) is 1.73. The lowest BCUT2D eigenvalue weighted by atomic mass is 9.89. The van der Waals surface area contributed by atoms with Crippen LogP contribution < -0.4 is 0 Å². The topological polar surface area (TPSA) is 50.2 Å². The molecule has 1 atom stereocenters. The first-order chi connectivity index (χ1) is 7.09. The van der Waals surface area contributed by atoms with E-state index < -0.39 is 5.97 Å². The van der Waals surface area contributed by atoms with E-state index in [2.05, 4.69) is 4.98 Å². The Morgan fingerprint density at radius 1 is 1.67 bits per heavy atom. The molecule has 0 saturated carbocycles. The molecule has 0 saturated heterocycles. The molecule has 0 amide bonds. The van der Waals surface area contributed by atoms with Crippen molar-refractivity contribution in [1.29, 1.82) is 0 Å². The Bertz CT molecular complexity index is 454. The van der Waals surface area contributed by atoms with Crippen molar-refractivity contribution >= 4 is 12.0 Å². The Kier molecular flexibility index (Phi) is 2.26. The van der Waals surface area contributed by atoms with Crippen molar-refractivity contribution in [3.63, 3.8) is 0 Å². The van der Waals surface area contributed by atoms with Crippen LogP contribution in [-0.2, 0) is 6.42 Å². The highest BCUT2D eigenvalue weighted by molar-refractivity contribution is 5.91. The van der Waals surface area contributed by atoms with E-state index in [-0.39, 0.29) is 17.4 Å². The number of aromatic nitrogens is 1. The third-order valence-corrected chi connectivity index (χ3v) is 2.56. The van der Waals surface area contributed by atoms with Crippen LogP contribution in [0.3, 0.4) is 0 Å². The van der Waals surface area contributed by atoms with Gasteiger partial charge in [0.05, 0.1) is 0 Å². The fourth-order valence-corrected chi connectivity index (χ4v) is 1.73. The molecule has 1 unspecified atom stereocenters. The predicted octanol–water partition coefficient (Wildman–Crippen LogP) is 2.28. The molecule has 1 aromatic heterocycles. The first kappa shape index (κ1) is 9.83. The Balaban J connectivity index is 2.60. The highest BCUT2D eigenvalue weighted by atomic mass is 19.1. The van der Waals surface area contributed by atoms with Crippen molar-refractivity contribution in [2.24, 2.45) is 5.92 Å². The quantitative estimate of drug-likeness (QED) is 0.768. The Hall–Kier alpha value is -1.71. The molecule has 0 radical (unpaired) electrons. The number of fused-ring (bicyclic) bond motifs is 1. The zero-order valence-electron chi connectivity index (χ0n) is 8.20. The van der Waals surface area contributed by atoms with E-state index in [0.29, 0.717) is 12.0 Å². The van der Waals surface area contributed by atoms with Crippen molar-refractivity contribution in [2.75, 3.05) is 0 Å². The zero-order valence-corrected chi connectivity index (χ0v) is 8.20.